The van der Waals surface area contributed by atoms with E-state index in [-0.39, 0.29) is 0 Å². The van der Waals surface area contributed by atoms with Gasteiger partial charge in [-0.05, 0) is 32.4 Å². The highest BCUT2D eigenvalue weighted by Crippen LogP contribution is 1.96. The molecule has 0 aromatic carbocycles. The number of ether oxygens (including phenoxy) is 1. The number of rotatable bonds is 10. The Morgan fingerprint density at radius 1 is 0.929 bits per heavy atom. The first-order valence-corrected chi connectivity index (χ1v) is 5.35. The van der Waals surface area contributed by atoms with Crippen molar-refractivity contribution < 1.29 is 4.74 Å². The van der Waals surface area contributed by atoms with Crippen molar-refractivity contribution in [1.82, 2.24) is 16.4 Å². The number of hydrogen-bond acceptors (Lipinski definition) is 2. The molecule has 0 aliphatic carbocycles. The van der Waals surface area contributed by atoms with E-state index < -0.39 is 0 Å². The number of methoxy groups -OCH3 is 1. The minimum Gasteiger partial charge on any atom is -0.385 e. The lowest BCUT2D eigenvalue weighted by Crippen LogP contribution is -2.29. The molecule has 0 rings (SSSR count). The minimum atomic E-state index is 0.502. The summed E-state index contributed by atoms with van der Waals surface area (Å²) in [6.07, 6.45) is 2.92. The van der Waals surface area contributed by atoms with Crippen LogP contribution in [-0.2, 0) is 4.74 Å². The fourth-order valence-corrected chi connectivity index (χ4v) is 1.37. The monoisotopic (exact) mass is 201 g/mol. The van der Waals surface area contributed by atoms with Gasteiger partial charge in [0.1, 0.15) is 0 Å². The van der Waals surface area contributed by atoms with Gasteiger partial charge < -0.3 is 9.64 Å². The fraction of sp³-hybridized carbons (Fsp3) is 1.00. The van der Waals surface area contributed by atoms with Crippen molar-refractivity contribution in [3.8, 4) is 0 Å². The van der Waals surface area contributed by atoms with Gasteiger partial charge in [-0.15, -0.1) is 0 Å². The first-order valence-electron chi connectivity index (χ1n) is 5.35. The van der Waals surface area contributed by atoms with Crippen LogP contribution in [0.3, 0.4) is 0 Å². The highest BCUT2D eigenvalue weighted by molar-refractivity contribution is 4.58. The lowest BCUT2D eigenvalue weighted by atomic mass is 10.3. The summed E-state index contributed by atoms with van der Waals surface area (Å²) in [5.41, 5.74) is 14.2. The maximum Gasteiger partial charge on any atom is 0.0474 e. The predicted octanol–water partition coefficient (Wildman–Crippen LogP) is 0.671. The van der Waals surface area contributed by atoms with Gasteiger partial charge in [0.25, 0.3) is 0 Å². The lowest BCUT2D eigenvalue weighted by molar-refractivity contribution is 0.171. The lowest BCUT2D eigenvalue weighted by Gasteiger charge is -2.21. The average molecular weight is 201 g/mol. The number of nitrogens with one attached hydrogen (secondary N) is 2. The average Bonchev–Trinajstić information content (AvgIpc) is 2.21. The topological polar surface area (TPSA) is 60.1 Å². The van der Waals surface area contributed by atoms with Crippen LogP contribution in [0.5, 0.6) is 0 Å². The molecule has 0 amide bonds. The van der Waals surface area contributed by atoms with Gasteiger partial charge in [0.2, 0.25) is 0 Å². The van der Waals surface area contributed by atoms with E-state index in [0.29, 0.717) is 13.1 Å². The Morgan fingerprint density at radius 2 is 1.43 bits per heavy atom. The molecule has 2 radical (unpaired) electrons. The van der Waals surface area contributed by atoms with Crippen molar-refractivity contribution in [2.45, 2.75) is 19.3 Å². The fourth-order valence-electron chi connectivity index (χ4n) is 1.37. The molecule has 0 saturated heterocycles. The largest absolute Gasteiger partial charge is 0.385 e. The summed E-state index contributed by atoms with van der Waals surface area (Å²) in [6.45, 7) is 4.83. The van der Waals surface area contributed by atoms with E-state index in [1.165, 1.54) is 0 Å². The molecule has 0 aromatic rings. The molecule has 0 spiro atoms. The predicted molar refractivity (Wildman–Crippen MR) is 58.1 cm³/mol. The highest BCUT2D eigenvalue weighted by atomic mass is 16.5. The molecule has 14 heavy (non-hydrogen) atoms. The first kappa shape index (κ1) is 13.8. The van der Waals surface area contributed by atoms with Crippen molar-refractivity contribution in [3.05, 3.63) is 0 Å². The molecule has 0 unspecified atom stereocenters. The Morgan fingerprint density at radius 3 is 1.86 bits per heavy atom. The normalized spacial score (nSPS) is 11.1. The summed E-state index contributed by atoms with van der Waals surface area (Å²) < 4.78 is 5.00. The summed E-state index contributed by atoms with van der Waals surface area (Å²) in [4.78, 5) is 2.34. The summed E-state index contributed by atoms with van der Waals surface area (Å²) in [7, 11) is 1.72. The molecule has 2 N–H and O–H groups in total. The second kappa shape index (κ2) is 10.9. The van der Waals surface area contributed by atoms with Crippen LogP contribution < -0.4 is 11.5 Å². The van der Waals surface area contributed by atoms with E-state index in [9.17, 15) is 0 Å². The molecule has 4 nitrogen and oxygen atoms in total. The summed E-state index contributed by atoms with van der Waals surface area (Å²) in [6, 6.07) is 0. The van der Waals surface area contributed by atoms with Crippen LogP contribution in [-0.4, -0.2) is 51.3 Å². The van der Waals surface area contributed by atoms with Gasteiger partial charge in [-0.3, -0.25) is 11.5 Å². The molecule has 0 aliphatic rings. The van der Waals surface area contributed by atoms with Crippen molar-refractivity contribution in [3.63, 3.8) is 0 Å². The maximum absolute atomic E-state index is 7.10. The summed E-state index contributed by atoms with van der Waals surface area (Å²) in [5, 5.41) is 0. The van der Waals surface area contributed by atoms with E-state index >= 15 is 0 Å². The summed E-state index contributed by atoms with van der Waals surface area (Å²) in [5.74, 6) is 0. The molecule has 4 heteroatoms. The quantitative estimate of drug-likeness (QED) is 0.488. The molecule has 0 heterocycles. The van der Waals surface area contributed by atoms with Crippen LogP contribution in [0.15, 0.2) is 0 Å². The second-order valence-corrected chi connectivity index (χ2v) is 3.40. The van der Waals surface area contributed by atoms with Gasteiger partial charge in [0, 0.05) is 33.4 Å². The van der Waals surface area contributed by atoms with Crippen LogP contribution in [0.4, 0.5) is 0 Å². The molecule has 0 bridgehead atoms. The van der Waals surface area contributed by atoms with Crippen molar-refractivity contribution in [2.75, 3.05) is 46.4 Å². The van der Waals surface area contributed by atoms with Gasteiger partial charge in [-0.25, -0.2) is 0 Å². The molecular weight excluding hydrogens is 178 g/mol. The molecule has 84 valence electrons. The van der Waals surface area contributed by atoms with E-state index in [2.05, 4.69) is 4.90 Å². The third-order valence-electron chi connectivity index (χ3n) is 2.13. The molecule has 0 aliphatic heterocycles. The smallest absolute Gasteiger partial charge is 0.0474 e. The zero-order valence-corrected chi connectivity index (χ0v) is 9.22. The van der Waals surface area contributed by atoms with Gasteiger partial charge in [-0.1, -0.05) is 0 Å². The maximum atomic E-state index is 7.10. The number of nitrogens with zero attached hydrogens (tertiary/aromatic N) is 1. The third kappa shape index (κ3) is 8.44. The van der Waals surface area contributed by atoms with Crippen LogP contribution in [0, 0.1) is 0 Å². The Hall–Kier alpha value is -0.160. The Balaban J connectivity index is 3.49. The standard InChI is InChI=1S/C10H23N3O/c1-14-10-4-9-13(7-2-5-11)8-3-6-12/h11-12H,2-10H2,1H3. The minimum absolute atomic E-state index is 0.502. The van der Waals surface area contributed by atoms with E-state index in [1.807, 2.05) is 0 Å². The van der Waals surface area contributed by atoms with Crippen LogP contribution >= 0.6 is 0 Å². The van der Waals surface area contributed by atoms with Gasteiger partial charge in [-0.2, -0.15) is 0 Å². The van der Waals surface area contributed by atoms with E-state index in [0.717, 1.165) is 45.5 Å². The molecular formula is C10H23N3O. The van der Waals surface area contributed by atoms with Crippen molar-refractivity contribution in [1.29, 1.82) is 0 Å². The SMILES string of the molecule is COCCCN(CCC[NH])CCC[NH]. The Labute approximate surface area is 87.6 Å². The first-order chi connectivity index (χ1) is 6.85. The van der Waals surface area contributed by atoms with Gasteiger partial charge in [0.05, 0.1) is 0 Å². The zero-order chi connectivity index (χ0) is 10.6. The van der Waals surface area contributed by atoms with Crippen LogP contribution in [0.25, 0.3) is 0 Å². The second-order valence-electron chi connectivity index (χ2n) is 3.40. The van der Waals surface area contributed by atoms with Crippen LogP contribution in [0.2, 0.25) is 0 Å². The third-order valence-corrected chi connectivity index (χ3v) is 2.13. The molecule has 0 aromatic heterocycles. The highest BCUT2D eigenvalue weighted by Gasteiger charge is 2.02. The Bertz CT molecular complexity index is 104. The van der Waals surface area contributed by atoms with E-state index in [4.69, 9.17) is 16.2 Å². The Kier molecular flexibility index (Phi) is 10.8. The molecule has 0 saturated carbocycles. The number of hydrogen-bond donors (Lipinski definition) is 0. The zero-order valence-electron chi connectivity index (χ0n) is 9.22. The molecule has 0 fully saturated rings. The van der Waals surface area contributed by atoms with Gasteiger partial charge >= 0.3 is 0 Å². The van der Waals surface area contributed by atoms with Crippen molar-refractivity contribution in [2.24, 2.45) is 0 Å². The molecule has 0 atom stereocenters. The van der Waals surface area contributed by atoms with E-state index in [1.54, 1.807) is 7.11 Å². The van der Waals surface area contributed by atoms with Gasteiger partial charge in [0.15, 0.2) is 0 Å². The van der Waals surface area contributed by atoms with Crippen LogP contribution in [0.1, 0.15) is 19.3 Å². The van der Waals surface area contributed by atoms with Crippen molar-refractivity contribution >= 4 is 0 Å². The summed E-state index contributed by atoms with van der Waals surface area (Å²) >= 11 is 0.